The van der Waals surface area contributed by atoms with Gasteiger partial charge in [0.1, 0.15) is 11.5 Å². The van der Waals surface area contributed by atoms with Gasteiger partial charge in [-0.2, -0.15) is 0 Å². The van der Waals surface area contributed by atoms with Gasteiger partial charge in [0.15, 0.2) is 0 Å². The molecule has 0 aliphatic rings. The molecular weight excluding hydrogens is 821 g/mol. The maximum Gasteiger partial charge on any atom is 0.302 e. The summed E-state index contributed by atoms with van der Waals surface area (Å²) in [6.45, 7) is 7.75. The maximum atomic E-state index is 10.3. The Morgan fingerprint density at radius 1 is 0.379 bits per heavy atom. The van der Waals surface area contributed by atoms with E-state index in [9.17, 15) is 9.59 Å². The Balaban J connectivity index is 0.000000528. The Labute approximate surface area is 390 Å². The van der Waals surface area contributed by atoms with E-state index in [0.29, 0.717) is 13.2 Å². The van der Waals surface area contributed by atoms with Crippen LogP contribution >= 0.6 is 0 Å². The average Bonchev–Trinajstić information content (AvgIpc) is 3.34. The van der Waals surface area contributed by atoms with Gasteiger partial charge in [-0.3, -0.25) is 9.59 Å². The molecule has 0 bridgehead atoms. The van der Waals surface area contributed by atoms with E-state index in [1.807, 2.05) is 24.3 Å². The monoisotopic (exact) mass is 878 g/mol. The first-order valence-electron chi connectivity index (χ1n) is 22.0. The van der Waals surface area contributed by atoms with Crippen molar-refractivity contribution < 1.29 is 28.5 Å². The van der Waals surface area contributed by atoms with Crippen LogP contribution < -0.4 is 19.3 Å². The number of carbonyl (C=O) groups is 2. The first-order chi connectivity index (χ1) is 32.1. The van der Waals surface area contributed by atoms with Crippen molar-refractivity contribution in [2.45, 2.75) is 40.5 Å². The Morgan fingerprint density at radius 3 is 0.848 bits per heavy atom. The van der Waals surface area contributed by atoms with Gasteiger partial charge in [-0.05, 0) is 146 Å². The number of carbonyl (C=O) groups excluding carboxylic acids is 2. The highest BCUT2D eigenvalue weighted by Crippen LogP contribution is 2.37. The second kappa shape index (κ2) is 24.3. The molecule has 0 aromatic heterocycles. The SMILES string of the molecule is CC(=O)OCCCCOC(C)=O.COc1ccc(N(c2ccc(C)cc2)c2ccc(C=Cc3ccc(C=Cc4ccc(N(c5ccc(C)cc5)c5ccc(OC)cc5)cc4)cc3)cc2)cc1. The van der Waals surface area contributed by atoms with Crippen molar-refractivity contribution in [1.29, 1.82) is 0 Å². The van der Waals surface area contributed by atoms with Crippen LogP contribution in [-0.2, 0) is 19.1 Å². The predicted molar refractivity (Wildman–Crippen MR) is 272 cm³/mol. The fourth-order valence-corrected chi connectivity index (χ4v) is 6.95. The van der Waals surface area contributed by atoms with Crippen LogP contribution in [0.1, 0.15) is 60.1 Å². The normalized spacial score (nSPS) is 10.8. The Morgan fingerprint density at radius 2 is 0.606 bits per heavy atom. The summed E-state index contributed by atoms with van der Waals surface area (Å²) in [7, 11) is 3.38. The smallest absolute Gasteiger partial charge is 0.302 e. The van der Waals surface area contributed by atoms with Crippen LogP contribution in [0.15, 0.2) is 170 Å². The number of ether oxygens (including phenoxy) is 4. The van der Waals surface area contributed by atoms with Crippen LogP contribution in [0.5, 0.6) is 11.5 Å². The van der Waals surface area contributed by atoms with Gasteiger partial charge in [0.25, 0.3) is 0 Å². The minimum Gasteiger partial charge on any atom is -0.497 e. The molecule has 0 N–H and O–H groups in total. The highest BCUT2D eigenvalue weighted by molar-refractivity contribution is 5.80. The Bertz CT molecular complexity index is 2450. The summed E-state index contributed by atoms with van der Waals surface area (Å²) < 4.78 is 20.1. The van der Waals surface area contributed by atoms with Gasteiger partial charge in [0, 0.05) is 48.0 Å². The van der Waals surface area contributed by atoms with Crippen LogP contribution in [0.2, 0.25) is 0 Å². The van der Waals surface area contributed by atoms with Crippen molar-refractivity contribution in [3.8, 4) is 11.5 Å². The molecule has 0 spiro atoms. The topological polar surface area (TPSA) is 77.5 Å². The molecule has 7 aromatic rings. The Hall–Kier alpha value is -7.84. The molecule has 0 atom stereocenters. The molecule has 0 radical (unpaired) electrons. The highest BCUT2D eigenvalue weighted by atomic mass is 16.5. The molecule has 0 unspecified atom stereocenters. The summed E-state index contributed by atoms with van der Waals surface area (Å²) in [6, 6.07) is 59.5. The number of rotatable bonds is 17. The number of aryl methyl sites for hydroxylation is 2. The van der Waals surface area contributed by atoms with Gasteiger partial charge in [-0.15, -0.1) is 0 Å². The number of anilines is 6. The lowest BCUT2D eigenvalue weighted by molar-refractivity contribution is -0.143. The van der Waals surface area contributed by atoms with Gasteiger partial charge in [-0.1, -0.05) is 108 Å². The quantitative estimate of drug-likeness (QED) is 0.0509. The van der Waals surface area contributed by atoms with E-state index in [0.717, 1.165) is 80.7 Å². The number of unbranched alkanes of at least 4 members (excludes halogenated alkanes) is 1. The minimum absolute atomic E-state index is 0.275. The number of nitrogens with zero attached hydrogens (tertiary/aromatic N) is 2. The zero-order valence-electron chi connectivity index (χ0n) is 38.6. The van der Waals surface area contributed by atoms with Gasteiger partial charge in [-0.25, -0.2) is 0 Å². The molecule has 0 saturated heterocycles. The zero-order chi connectivity index (χ0) is 46.7. The molecule has 0 aliphatic heterocycles. The third-order valence-electron chi connectivity index (χ3n) is 10.6. The van der Waals surface area contributed by atoms with Crippen LogP contribution in [-0.4, -0.2) is 39.4 Å². The summed E-state index contributed by atoms with van der Waals surface area (Å²) in [5.74, 6) is 1.12. The van der Waals surface area contributed by atoms with Gasteiger partial charge < -0.3 is 28.7 Å². The molecule has 66 heavy (non-hydrogen) atoms. The van der Waals surface area contributed by atoms with Gasteiger partial charge in [0.05, 0.1) is 27.4 Å². The van der Waals surface area contributed by atoms with Crippen LogP contribution in [0.3, 0.4) is 0 Å². The highest BCUT2D eigenvalue weighted by Gasteiger charge is 2.14. The van der Waals surface area contributed by atoms with Crippen LogP contribution in [0, 0.1) is 13.8 Å². The van der Waals surface area contributed by atoms with Crippen molar-refractivity contribution in [2.24, 2.45) is 0 Å². The van der Waals surface area contributed by atoms with E-state index in [-0.39, 0.29) is 11.9 Å². The van der Waals surface area contributed by atoms with Gasteiger partial charge in [0.2, 0.25) is 0 Å². The number of benzene rings is 7. The standard InChI is InChI=1S/C50H44N2O2.C8H14O4/c1-37-5-21-43(22-6-37)51(47-29-33-49(53-3)34-30-47)45-25-17-41(18-26-45)15-13-39-9-11-40(12-10-39)14-16-42-19-27-46(28-20-42)52(44-23-7-38(2)8-24-44)48-31-35-50(54-4)36-32-48;1-7(9)11-5-3-4-6-12-8(2)10/h5-36H,1-4H3;3-6H2,1-2H3. The third-order valence-corrected chi connectivity index (χ3v) is 10.6. The molecule has 7 aromatic carbocycles. The van der Waals surface area contributed by atoms with Crippen molar-refractivity contribution >= 4 is 70.4 Å². The number of esters is 2. The summed E-state index contributed by atoms with van der Waals surface area (Å²) in [5, 5.41) is 0. The van der Waals surface area contributed by atoms with E-state index in [1.165, 1.54) is 25.0 Å². The predicted octanol–water partition coefficient (Wildman–Crippen LogP) is 14.5. The second-order valence-electron chi connectivity index (χ2n) is 15.6. The third kappa shape index (κ3) is 14.3. The number of hydrogen-bond acceptors (Lipinski definition) is 8. The van der Waals surface area contributed by atoms with E-state index < -0.39 is 0 Å². The molecule has 336 valence electrons. The molecule has 7 rings (SSSR count). The molecule has 8 heteroatoms. The van der Waals surface area contributed by atoms with Crippen LogP contribution in [0.25, 0.3) is 24.3 Å². The summed E-state index contributed by atoms with van der Waals surface area (Å²) in [5.41, 5.74) is 13.6. The maximum absolute atomic E-state index is 10.3. The summed E-state index contributed by atoms with van der Waals surface area (Å²) >= 11 is 0. The fourth-order valence-electron chi connectivity index (χ4n) is 6.95. The van der Waals surface area contributed by atoms with E-state index >= 15 is 0 Å². The largest absolute Gasteiger partial charge is 0.497 e. The first kappa shape index (κ1) is 47.6. The molecule has 8 nitrogen and oxygen atoms in total. The zero-order valence-corrected chi connectivity index (χ0v) is 38.6. The van der Waals surface area contributed by atoms with Crippen molar-refractivity contribution in [3.63, 3.8) is 0 Å². The molecule has 0 fully saturated rings. The first-order valence-corrected chi connectivity index (χ1v) is 22.0. The second-order valence-corrected chi connectivity index (χ2v) is 15.6. The van der Waals surface area contributed by atoms with Gasteiger partial charge >= 0.3 is 11.9 Å². The van der Waals surface area contributed by atoms with E-state index in [4.69, 9.17) is 9.47 Å². The van der Waals surface area contributed by atoms with Crippen molar-refractivity contribution in [2.75, 3.05) is 37.2 Å². The molecule has 0 saturated carbocycles. The molecule has 0 heterocycles. The summed E-state index contributed by atoms with van der Waals surface area (Å²) in [6.07, 6.45) is 10.1. The van der Waals surface area contributed by atoms with Crippen LogP contribution in [0.4, 0.5) is 34.1 Å². The summed E-state index contributed by atoms with van der Waals surface area (Å²) in [4.78, 5) is 25.1. The Kier molecular flexibility index (Phi) is 17.5. The van der Waals surface area contributed by atoms with E-state index in [2.05, 4.69) is 203 Å². The van der Waals surface area contributed by atoms with Crippen molar-refractivity contribution in [3.05, 3.63) is 203 Å². The molecular formula is C58H58N2O6. The molecule has 0 aliphatic carbocycles. The number of methoxy groups -OCH3 is 2. The van der Waals surface area contributed by atoms with Crippen molar-refractivity contribution in [1.82, 2.24) is 0 Å². The lowest BCUT2D eigenvalue weighted by Gasteiger charge is -2.26. The fraction of sp³-hybridized carbons (Fsp3) is 0.172. The van der Waals surface area contributed by atoms with E-state index in [1.54, 1.807) is 14.2 Å². The lowest BCUT2D eigenvalue weighted by Crippen LogP contribution is -2.09. The average molecular weight is 879 g/mol. The molecule has 0 amide bonds. The lowest BCUT2D eigenvalue weighted by atomic mass is 10.1. The minimum atomic E-state index is -0.275. The number of hydrogen-bond donors (Lipinski definition) is 0.